The minimum atomic E-state index is -0.329. The molecule has 4 nitrogen and oxygen atoms in total. The highest BCUT2D eigenvalue weighted by molar-refractivity contribution is 5.73. The number of nitrogens with one attached hydrogen (secondary N) is 1. The van der Waals surface area contributed by atoms with Crippen LogP contribution >= 0.6 is 0 Å². The largest absolute Gasteiger partial charge is 0.333 e. The Morgan fingerprint density at radius 3 is 2.64 bits per heavy atom. The average molecular weight is 155 g/mol. The second-order valence-electron chi connectivity index (χ2n) is 1.92. The summed E-state index contributed by atoms with van der Waals surface area (Å²) in [4.78, 5) is 10.9. The molecule has 0 aromatic rings. The van der Waals surface area contributed by atoms with Crippen molar-refractivity contribution in [2.45, 2.75) is 0 Å². The summed E-state index contributed by atoms with van der Waals surface area (Å²) in [6.45, 7) is 7.64. The standard InChI is InChI=1S/C7H13N3O/c1-3-5-9-7(11)10(8)6-4-2/h3-4H,1-2,5-6,8H2,(H,9,11). The topological polar surface area (TPSA) is 58.4 Å². The second kappa shape index (κ2) is 5.49. The monoisotopic (exact) mass is 155 g/mol. The van der Waals surface area contributed by atoms with Crippen molar-refractivity contribution in [3.63, 3.8) is 0 Å². The Morgan fingerprint density at radius 1 is 1.55 bits per heavy atom. The van der Waals surface area contributed by atoms with Gasteiger partial charge in [0.25, 0.3) is 0 Å². The number of rotatable bonds is 4. The van der Waals surface area contributed by atoms with Crippen molar-refractivity contribution in [3.05, 3.63) is 25.3 Å². The van der Waals surface area contributed by atoms with Gasteiger partial charge in [0, 0.05) is 6.54 Å². The molecule has 0 aliphatic rings. The summed E-state index contributed by atoms with van der Waals surface area (Å²) in [6, 6.07) is -0.329. The lowest BCUT2D eigenvalue weighted by Gasteiger charge is -2.13. The van der Waals surface area contributed by atoms with Crippen molar-refractivity contribution >= 4 is 6.03 Å². The maximum Gasteiger partial charge on any atom is 0.332 e. The number of carbonyl (C=O) groups excluding carboxylic acids is 1. The van der Waals surface area contributed by atoms with Crippen molar-refractivity contribution in [2.75, 3.05) is 13.1 Å². The Morgan fingerprint density at radius 2 is 2.18 bits per heavy atom. The predicted molar refractivity (Wildman–Crippen MR) is 44.7 cm³/mol. The van der Waals surface area contributed by atoms with Crippen LogP contribution < -0.4 is 11.2 Å². The van der Waals surface area contributed by atoms with E-state index in [1.807, 2.05) is 0 Å². The van der Waals surface area contributed by atoms with Crippen LogP contribution in [0.4, 0.5) is 4.79 Å². The summed E-state index contributed by atoms with van der Waals surface area (Å²) in [5, 5.41) is 3.55. The van der Waals surface area contributed by atoms with Gasteiger partial charge in [-0.05, 0) is 0 Å². The summed E-state index contributed by atoms with van der Waals surface area (Å²) < 4.78 is 0. The Labute approximate surface area is 66.3 Å². The Bertz CT molecular complexity index is 156. The molecule has 0 atom stereocenters. The third-order valence-corrected chi connectivity index (χ3v) is 0.984. The lowest BCUT2D eigenvalue weighted by atomic mass is 10.6. The number of hydrazine groups is 1. The van der Waals surface area contributed by atoms with E-state index in [0.717, 1.165) is 5.01 Å². The van der Waals surface area contributed by atoms with Crippen LogP contribution in [0.2, 0.25) is 0 Å². The molecule has 0 unspecified atom stereocenters. The molecule has 4 heteroatoms. The molecule has 0 rings (SSSR count). The van der Waals surface area contributed by atoms with E-state index in [1.165, 1.54) is 0 Å². The Kier molecular flexibility index (Phi) is 4.85. The average Bonchev–Trinajstić information content (AvgIpc) is 2.00. The third kappa shape index (κ3) is 4.16. The summed E-state index contributed by atoms with van der Waals surface area (Å²) in [5.41, 5.74) is 0. The van der Waals surface area contributed by atoms with Crippen molar-refractivity contribution in [2.24, 2.45) is 5.84 Å². The molecule has 0 bridgehead atoms. The normalized spacial score (nSPS) is 8.45. The quantitative estimate of drug-likeness (QED) is 0.264. The van der Waals surface area contributed by atoms with E-state index in [9.17, 15) is 4.79 Å². The molecule has 0 fully saturated rings. The van der Waals surface area contributed by atoms with Gasteiger partial charge < -0.3 is 5.32 Å². The lowest BCUT2D eigenvalue weighted by molar-refractivity contribution is 0.205. The number of hydrogen-bond donors (Lipinski definition) is 2. The second-order valence-corrected chi connectivity index (χ2v) is 1.92. The molecule has 0 saturated heterocycles. The SMILES string of the molecule is C=CCNC(=O)N(N)CC=C. The number of urea groups is 1. The van der Waals surface area contributed by atoms with Crippen LogP contribution in [0.1, 0.15) is 0 Å². The maximum atomic E-state index is 10.9. The fourth-order valence-electron chi connectivity index (χ4n) is 0.483. The minimum absolute atomic E-state index is 0.329. The van der Waals surface area contributed by atoms with E-state index in [0.29, 0.717) is 13.1 Å². The van der Waals surface area contributed by atoms with Gasteiger partial charge in [0.05, 0.1) is 6.54 Å². The van der Waals surface area contributed by atoms with Crippen LogP contribution in [-0.4, -0.2) is 24.1 Å². The number of amides is 2. The predicted octanol–water partition coefficient (Wildman–Crippen LogP) is 0.244. The molecule has 0 aromatic heterocycles. The van der Waals surface area contributed by atoms with E-state index < -0.39 is 0 Å². The van der Waals surface area contributed by atoms with Gasteiger partial charge in [-0.1, -0.05) is 12.2 Å². The zero-order valence-electron chi connectivity index (χ0n) is 6.42. The van der Waals surface area contributed by atoms with Gasteiger partial charge in [-0.3, -0.25) is 5.01 Å². The minimum Gasteiger partial charge on any atom is -0.333 e. The molecule has 3 N–H and O–H groups in total. The zero-order valence-corrected chi connectivity index (χ0v) is 6.42. The highest BCUT2D eigenvalue weighted by atomic mass is 16.2. The molecule has 0 aromatic carbocycles. The van der Waals surface area contributed by atoms with Gasteiger partial charge in [0.15, 0.2) is 0 Å². The number of nitrogens with two attached hydrogens (primary N) is 1. The van der Waals surface area contributed by atoms with E-state index in [1.54, 1.807) is 12.2 Å². The molecule has 62 valence electrons. The molecule has 11 heavy (non-hydrogen) atoms. The Balaban J connectivity index is 3.62. The zero-order chi connectivity index (χ0) is 8.69. The van der Waals surface area contributed by atoms with Crippen LogP contribution in [0.15, 0.2) is 25.3 Å². The van der Waals surface area contributed by atoms with Crippen molar-refractivity contribution in [1.82, 2.24) is 10.3 Å². The smallest absolute Gasteiger partial charge is 0.332 e. The molecule has 0 saturated carbocycles. The first-order chi connectivity index (χ1) is 5.22. The summed E-state index contributed by atoms with van der Waals surface area (Å²) in [6.07, 6.45) is 3.13. The first-order valence-electron chi connectivity index (χ1n) is 3.24. The van der Waals surface area contributed by atoms with Gasteiger partial charge in [0.2, 0.25) is 0 Å². The molecular weight excluding hydrogens is 142 g/mol. The molecule has 0 aliphatic carbocycles. The molecule has 0 heterocycles. The van der Waals surface area contributed by atoms with Crippen LogP contribution in [0.5, 0.6) is 0 Å². The van der Waals surface area contributed by atoms with E-state index in [4.69, 9.17) is 5.84 Å². The fraction of sp³-hybridized carbons (Fsp3) is 0.286. The highest BCUT2D eigenvalue weighted by Crippen LogP contribution is 1.79. The van der Waals surface area contributed by atoms with E-state index in [2.05, 4.69) is 18.5 Å². The van der Waals surface area contributed by atoms with Gasteiger partial charge in [-0.2, -0.15) is 0 Å². The van der Waals surface area contributed by atoms with Gasteiger partial charge in [-0.25, -0.2) is 10.6 Å². The van der Waals surface area contributed by atoms with E-state index >= 15 is 0 Å². The van der Waals surface area contributed by atoms with Crippen LogP contribution in [0.3, 0.4) is 0 Å². The van der Waals surface area contributed by atoms with Gasteiger partial charge in [0.1, 0.15) is 0 Å². The highest BCUT2D eigenvalue weighted by Gasteiger charge is 2.03. The van der Waals surface area contributed by atoms with Crippen molar-refractivity contribution in [3.8, 4) is 0 Å². The van der Waals surface area contributed by atoms with Crippen LogP contribution in [0, 0.1) is 0 Å². The molecule has 0 radical (unpaired) electrons. The van der Waals surface area contributed by atoms with Crippen molar-refractivity contribution < 1.29 is 4.79 Å². The third-order valence-electron chi connectivity index (χ3n) is 0.984. The summed E-state index contributed by atoms with van der Waals surface area (Å²) >= 11 is 0. The van der Waals surface area contributed by atoms with Crippen LogP contribution in [0.25, 0.3) is 0 Å². The lowest BCUT2D eigenvalue weighted by Crippen LogP contribution is -2.44. The molecule has 0 aliphatic heterocycles. The fourth-order valence-corrected chi connectivity index (χ4v) is 0.483. The summed E-state index contributed by atoms with van der Waals surface area (Å²) in [5.74, 6) is 5.28. The van der Waals surface area contributed by atoms with Crippen molar-refractivity contribution in [1.29, 1.82) is 0 Å². The Hall–Kier alpha value is -1.29. The molecular formula is C7H13N3O. The molecule has 2 amide bonds. The number of nitrogens with zero attached hydrogens (tertiary/aromatic N) is 1. The first kappa shape index (κ1) is 9.71. The van der Waals surface area contributed by atoms with Gasteiger partial charge >= 0.3 is 6.03 Å². The van der Waals surface area contributed by atoms with Crippen LogP contribution in [-0.2, 0) is 0 Å². The first-order valence-corrected chi connectivity index (χ1v) is 3.24. The summed E-state index contributed by atoms with van der Waals surface area (Å²) in [7, 11) is 0. The van der Waals surface area contributed by atoms with Gasteiger partial charge in [-0.15, -0.1) is 13.2 Å². The van der Waals surface area contributed by atoms with E-state index in [-0.39, 0.29) is 6.03 Å². The number of carbonyl (C=O) groups is 1. The molecule has 0 spiro atoms. The maximum absolute atomic E-state index is 10.9. The number of hydrogen-bond acceptors (Lipinski definition) is 2.